The lowest BCUT2D eigenvalue weighted by atomic mass is 9.78. The van der Waals surface area contributed by atoms with Gasteiger partial charge in [-0.15, -0.1) is 0 Å². The molecule has 0 N–H and O–H groups in total. The van der Waals surface area contributed by atoms with Crippen LogP contribution in [0.1, 0.15) is 37.8 Å². The molecule has 3 rings (SSSR count). The van der Waals surface area contributed by atoms with Crippen molar-refractivity contribution < 1.29 is 4.79 Å². The Morgan fingerprint density at radius 3 is 1.35 bits per heavy atom. The van der Waals surface area contributed by atoms with Gasteiger partial charge in [-0.05, 0) is 24.0 Å². The molecule has 1 aliphatic rings. The Hall–Kier alpha value is -1.89. The number of hydrogen-bond acceptors (Lipinski definition) is 1. The van der Waals surface area contributed by atoms with E-state index in [1.54, 1.807) is 0 Å². The quantitative estimate of drug-likeness (QED) is 0.806. The van der Waals surface area contributed by atoms with Crippen LogP contribution in [0, 0.1) is 0 Å². The van der Waals surface area contributed by atoms with Crippen molar-refractivity contribution in [2.75, 3.05) is 0 Å². The Morgan fingerprint density at radius 2 is 1.05 bits per heavy atom. The van der Waals surface area contributed by atoms with Crippen molar-refractivity contribution in [3.8, 4) is 0 Å². The smallest absolute Gasteiger partial charge is 0.156 e. The molecule has 0 saturated heterocycles. The van der Waals surface area contributed by atoms with E-state index in [1.807, 2.05) is 36.4 Å². The second-order valence-corrected chi connectivity index (χ2v) is 5.58. The number of rotatable bonds is 4. The summed E-state index contributed by atoms with van der Waals surface area (Å²) in [6.45, 7) is 4.26. The largest absolute Gasteiger partial charge is 0.298 e. The first kappa shape index (κ1) is 13.1. The van der Waals surface area contributed by atoms with Crippen LogP contribution in [0.25, 0.3) is 0 Å². The lowest BCUT2D eigenvalue weighted by Gasteiger charge is -2.22. The van der Waals surface area contributed by atoms with Crippen LogP contribution in [0.4, 0.5) is 0 Å². The summed E-state index contributed by atoms with van der Waals surface area (Å²) in [5.74, 6) is 0.382. The van der Waals surface area contributed by atoms with E-state index in [4.69, 9.17) is 0 Å². The Balaban J connectivity index is 2.17. The third kappa shape index (κ3) is 1.41. The van der Waals surface area contributed by atoms with Crippen LogP contribution in [-0.4, -0.2) is 5.78 Å². The lowest BCUT2D eigenvalue weighted by molar-refractivity contribution is -0.113. The van der Waals surface area contributed by atoms with Gasteiger partial charge < -0.3 is 0 Å². The summed E-state index contributed by atoms with van der Waals surface area (Å²) >= 11 is 0. The highest BCUT2D eigenvalue weighted by Gasteiger charge is 2.76. The minimum atomic E-state index is -0.329. The van der Waals surface area contributed by atoms with Crippen LogP contribution in [0.5, 0.6) is 0 Å². The number of carbonyl (C=O) groups excluding carboxylic acids is 1. The molecule has 0 aromatic heterocycles. The molecule has 0 heterocycles. The second-order valence-electron chi connectivity index (χ2n) is 5.58. The van der Waals surface area contributed by atoms with Gasteiger partial charge in [-0.2, -0.15) is 0 Å². The first-order valence-electron chi connectivity index (χ1n) is 7.40. The van der Waals surface area contributed by atoms with E-state index in [-0.39, 0.29) is 10.8 Å². The van der Waals surface area contributed by atoms with E-state index in [1.165, 1.54) is 11.1 Å². The average Bonchev–Trinajstić information content (AvgIpc) is 3.09. The van der Waals surface area contributed by atoms with Crippen LogP contribution in [0.2, 0.25) is 0 Å². The van der Waals surface area contributed by atoms with Gasteiger partial charge in [-0.1, -0.05) is 74.5 Å². The molecule has 20 heavy (non-hydrogen) atoms. The van der Waals surface area contributed by atoms with Crippen LogP contribution in [0.15, 0.2) is 60.7 Å². The average molecular weight is 264 g/mol. The summed E-state index contributed by atoms with van der Waals surface area (Å²) in [7, 11) is 0. The van der Waals surface area contributed by atoms with E-state index in [0.29, 0.717) is 5.78 Å². The predicted octanol–water partition coefficient (Wildman–Crippen LogP) is 4.27. The molecule has 1 aliphatic carbocycles. The van der Waals surface area contributed by atoms with Crippen molar-refractivity contribution in [3.05, 3.63) is 71.8 Å². The molecule has 1 saturated carbocycles. The van der Waals surface area contributed by atoms with Gasteiger partial charge in [0.15, 0.2) is 5.78 Å². The molecule has 2 aromatic rings. The Labute approximate surface area is 120 Å². The fraction of sp³-hybridized carbons (Fsp3) is 0.316. The van der Waals surface area contributed by atoms with Crippen molar-refractivity contribution >= 4 is 5.78 Å². The maximum Gasteiger partial charge on any atom is 0.156 e. The number of carbonyl (C=O) groups is 1. The van der Waals surface area contributed by atoms with Gasteiger partial charge >= 0.3 is 0 Å². The van der Waals surface area contributed by atoms with Crippen LogP contribution in [-0.2, 0) is 15.6 Å². The molecule has 2 aromatic carbocycles. The van der Waals surface area contributed by atoms with Gasteiger partial charge in [-0.3, -0.25) is 4.79 Å². The van der Waals surface area contributed by atoms with Gasteiger partial charge in [0.2, 0.25) is 0 Å². The third-order valence-electron chi connectivity index (χ3n) is 5.04. The molecule has 1 nitrogen and oxygen atoms in total. The molecule has 0 spiro atoms. The van der Waals surface area contributed by atoms with Crippen molar-refractivity contribution in [2.24, 2.45) is 0 Å². The highest BCUT2D eigenvalue weighted by Crippen LogP contribution is 2.65. The number of Topliss-reactive ketones (excluding diaryl/α,β-unsaturated/α-hetero) is 1. The Bertz CT molecular complexity index is 561. The number of hydrogen-bond donors (Lipinski definition) is 0. The molecular formula is C19H20O. The number of benzene rings is 2. The molecule has 1 heteroatoms. The van der Waals surface area contributed by atoms with Crippen LogP contribution in [0.3, 0.4) is 0 Å². The van der Waals surface area contributed by atoms with E-state index < -0.39 is 0 Å². The summed E-state index contributed by atoms with van der Waals surface area (Å²) in [6, 6.07) is 20.5. The van der Waals surface area contributed by atoms with Crippen LogP contribution < -0.4 is 0 Å². The molecule has 0 aliphatic heterocycles. The second kappa shape index (κ2) is 4.59. The maximum atomic E-state index is 12.9. The zero-order chi connectivity index (χ0) is 14.2. The molecule has 1 fully saturated rings. The van der Waals surface area contributed by atoms with Gasteiger partial charge in [0.1, 0.15) is 0 Å². The van der Waals surface area contributed by atoms with Crippen molar-refractivity contribution in [2.45, 2.75) is 37.5 Å². The summed E-state index contributed by atoms with van der Waals surface area (Å²) in [4.78, 5) is 12.9. The van der Waals surface area contributed by atoms with Crippen molar-refractivity contribution in [1.29, 1.82) is 0 Å². The molecule has 102 valence electrons. The molecule has 0 amide bonds. The lowest BCUT2D eigenvalue weighted by Crippen LogP contribution is -2.21. The topological polar surface area (TPSA) is 17.1 Å². The SMILES string of the molecule is CC[C@@]1(c2ccccc2)C(=O)[C@@]1(CC)c1ccccc1. The van der Waals surface area contributed by atoms with Crippen molar-refractivity contribution in [3.63, 3.8) is 0 Å². The standard InChI is InChI=1S/C19H20O/c1-3-18(15-11-7-5-8-12-15)17(20)19(18,4-2)16-13-9-6-10-14-16/h5-14H,3-4H2,1-2H3/t18-,19-/m1/s1. The maximum absolute atomic E-state index is 12.9. The van der Waals surface area contributed by atoms with Gasteiger partial charge in [0.25, 0.3) is 0 Å². The zero-order valence-electron chi connectivity index (χ0n) is 12.1. The Kier molecular flexibility index (Phi) is 3.01. The fourth-order valence-electron chi connectivity index (χ4n) is 4.01. The predicted molar refractivity (Wildman–Crippen MR) is 81.8 cm³/mol. The molecular weight excluding hydrogens is 244 g/mol. The van der Waals surface area contributed by atoms with Gasteiger partial charge in [-0.25, -0.2) is 0 Å². The fourth-order valence-corrected chi connectivity index (χ4v) is 4.01. The third-order valence-corrected chi connectivity index (χ3v) is 5.04. The first-order chi connectivity index (χ1) is 9.74. The molecule has 0 bridgehead atoms. The van der Waals surface area contributed by atoms with E-state index in [9.17, 15) is 4.79 Å². The molecule has 2 atom stereocenters. The van der Waals surface area contributed by atoms with E-state index in [0.717, 1.165) is 12.8 Å². The Morgan fingerprint density at radius 1 is 0.700 bits per heavy atom. The number of ketones is 1. The zero-order valence-corrected chi connectivity index (χ0v) is 12.1. The summed E-state index contributed by atoms with van der Waals surface area (Å²) < 4.78 is 0. The van der Waals surface area contributed by atoms with Gasteiger partial charge in [0.05, 0.1) is 10.8 Å². The first-order valence-corrected chi connectivity index (χ1v) is 7.40. The van der Waals surface area contributed by atoms with Crippen LogP contribution >= 0.6 is 0 Å². The van der Waals surface area contributed by atoms with E-state index in [2.05, 4.69) is 38.1 Å². The monoisotopic (exact) mass is 264 g/mol. The van der Waals surface area contributed by atoms with E-state index >= 15 is 0 Å². The summed E-state index contributed by atoms with van der Waals surface area (Å²) in [5, 5.41) is 0. The summed E-state index contributed by atoms with van der Waals surface area (Å²) in [5.41, 5.74) is 1.67. The summed E-state index contributed by atoms with van der Waals surface area (Å²) in [6.07, 6.45) is 1.72. The minimum Gasteiger partial charge on any atom is -0.298 e. The van der Waals surface area contributed by atoms with Crippen molar-refractivity contribution in [1.82, 2.24) is 0 Å². The highest BCUT2D eigenvalue weighted by molar-refractivity contribution is 6.18. The minimum absolute atomic E-state index is 0.329. The highest BCUT2D eigenvalue weighted by atomic mass is 16.1. The van der Waals surface area contributed by atoms with Gasteiger partial charge in [0, 0.05) is 0 Å². The molecule has 0 unspecified atom stereocenters. The normalized spacial score (nSPS) is 28.4. The molecule has 0 radical (unpaired) electrons.